The van der Waals surface area contributed by atoms with Gasteiger partial charge in [0.05, 0.1) is 0 Å². The number of hydrogen-bond donors (Lipinski definition) is 1. The zero-order valence-electron chi connectivity index (χ0n) is 12.2. The number of nitrogens with one attached hydrogen (secondary N) is 1. The van der Waals surface area contributed by atoms with Crippen molar-refractivity contribution in [1.82, 2.24) is 14.6 Å². The molecule has 1 aromatic heterocycles. The maximum atomic E-state index is 12.9. The van der Waals surface area contributed by atoms with Crippen molar-refractivity contribution in [3.63, 3.8) is 0 Å². The summed E-state index contributed by atoms with van der Waals surface area (Å²) in [5, 5.41) is 0. The molecule has 1 aromatic rings. The number of carbonyl (C=O) groups is 1. The SMILES string of the molecule is CC(=O)N1C[C@@H](NS(=O)(=O)c2cccnc2)CC[C@H]1C(F)(F)F. The molecule has 23 heavy (non-hydrogen) atoms. The molecule has 2 atom stereocenters. The normalized spacial score (nSPS) is 22.9. The highest BCUT2D eigenvalue weighted by Crippen LogP contribution is 2.32. The first-order chi connectivity index (χ1) is 10.6. The molecule has 1 fully saturated rings. The first-order valence-electron chi connectivity index (χ1n) is 6.87. The number of pyridine rings is 1. The van der Waals surface area contributed by atoms with Crippen LogP contribution in [0, 0.1) is 0 Å². The lowest BCUT2D eigenvalue weighted by Gasteiger charge is -2.39. The van der Waals surface area contributed by atoms with Crippen LogP contribution in [0.4, 0.5) is 13.2 Å². The second kappa shape index (κ2) is 6.44. The van der Waals surface area contributed by atoms with Crippen molar-refractivity contribution >= 4 is 15.9 Å². The molecule has 6 nitrogen and oxygen atoms in total. The summed E-state index contributed by atoms with van der Waals surface area (Å²) in [7, 11) is -3.89. The molecule has 2 rings (SSSR count). The van der Waals surface area contributed by atoms with Crippen LogP contribution < -0.4 is 4.72 Å². The van der Waals surface area contributed by atoms with Crippen LogP contribution >= 0.6 is 0 Å². The molecule has 0 bridgehead atoms. The molecule has 0 unspecified atom stereocenters. The zero-order chi connectivity index (χ0) is 17.3. The zero-order valence-corrected chi connectivity index (χ0v) is 13.1. The molecule has 0 radical (unpaired) electrons. The fourth-order valence-corrected chi connectivity index (χ4v) is 3.77. The fourth-order valence-electron chi connectivity index (χ4n) is 2.55. The molecular formula is C13H16F3N3O3S. The summed E-state index contributed by atoms with van der Waals surface area (Å²) in [5.74, 6) is -0.738. The molecule has 0 spiro atoms. The fraction of sp³-hybridized carbons (Fsp3) is 0.538. The van der Waals surface area contributed by atoms with Gasteiger partial charge in [0.15, 0.2) is 0 Å². The Morgan fingerprint density at radius 2 is 2.09 bits per heavy atom. The maximum absolute atomic E-state index is 12.9. The van der Waals surface area contributed by atoms with Gasteiger partial charge in [0.25, 0.3) is 0 Å². The highest BCUT2D eigenvalue weighted by Gasteiger charge is 2.47. The molecule has 0 aromatic carbocycles. The van der Waals surface area contributed by atoms with E-state index < -0.39 is 34.2 Å². The Hall–Kier alpha value is -1.68. The number of amides is 1. The van der Waals surface area contributed by atoms with Gasteiger partial charge in [-0.1, -0.05) is 0 Å². The number of carbonyl (C=O) groups excluding carboxylic acids is 1. The van der Waals surface area contributed by atoms with Crippen LogP contribution in [0.2, 0.25) is 0 Å². The van der Waals surface area contributed by atoms with Crippen molar-refractivity contribution in [3.05, 3.63) is 24.5 Å². The second-order valence-electron chi connectivity index (χ2n) is 5.31. The van der Waals surface area contributed by atoms with E-state index in [0.29, 0.717) is 4.90 Å². The monoisotopic (exact) mass is 351 g/mol. The molecule has 2 heterocycles. The van der Waals surface area contributed by atoms with E-state index in [1.54, 1.807) is 0 Å². The lowest BCUT2D eigenvalue weighted by molar-refractivity contribution is -0.196. The lowest BCUT2D eigenvalue weighted by Crippen LogP contribution is -2.57. The number of aromatic nitrogens is 1. The predicted octanol–water partition coefficient (Wildman–Crippen LogP) is 1.30. The molecule has 1 amide bonds. The first-order valence-corrected chi connectivity index (χ1v) is 8.36. The van der Waals surface area contributed by atoms with E-state index in [2.05, 4.69) is 9.71 Å². The van der Waals surface area contributed by atoms with Gasteiger partial charge in [0.1, 0.15) is 10.9 Å². The van der Waals surface area contributed by atoms with Crippen molar-refractivity contribution in [2.24, 2.45) is 0 Å². The summed E-state index contributed by atoms with van der Waals surface area (Å²) < 4.78 is 65.5. The molecule has 1 aliphatic rings. The topological polar surface area (TPSA) is 79.4 Å². The Morgan fingerprint density at radius 1 is 1.39 bits per heavy atom. The lowest BCUT2D eigenvalue weighted by atomic mass is 9.98. The maximum Gasteiger partial charge on any atom is 0.408 e. The standard InChI is InChI=1S/C13H16F3N3O3S/c1-9(20)19-8-10(4-5-12(19)13(14,15)16)18-23(21,22)11-3-2-6-17-7-11/h2-3,6-7,10,12,18H,4-5,8H2,1H3/t10-,12-/m0/s1. The molecule has 0 aliphatic carbocycles. The second-order valence-corrected chi connectivity index (χ2v) is 7.03. The number of hydrogen-bond acceptors (Lipinski definition) is 4. The molecule has 128 valence electrons. The van der Waals surface area contributed by atoms with Gasteiger partial charge < -0.3 is 4.90 Å². The molecule has 1 saturated heterocycles. The minimum atomic E-state index is -4.53. The minimum absolute atomic E-state index is 0.00650. The largest absolute Gasteiger partial charge is 0.408 e. The van der Waals surface area contributed by atoms with Gasteiger partial charge in [-0.3, -0.25) is 9.78 Å². The van der Waals surface area contributed by atoms with Crippen LogP contribution in [0.3, 0.4) is 0 Å². The Kier molecular flexibility index (Phi) is 4.95. The number of sulfonamides is 1. The third kappa shape index (κ3) is 4.20. The van der Waals surface area contributed by atoms with Crippen molar-refractivity contribution in [2.45, 2.75) is 42.9 Å². The molecule has 0 saturated carbocycles. The van der Waals surface area contributed by atoms with Gasteiger partial charge in [-0.25, -0.2) is 13.1 Å². The number of likely N-dealkylation sites (tertiary alicyclic amines) is 1. The van der Waals surface area contributed by atoms with Crippen LogP contribution in [0.15, 0.2) is 29.4 Å². The molecule has 1 aliphatic heterocycles. The third-order valence-corrected chi connectivity index (χ3v) is 5.14. The number of halogens is 3. The third-order valence-electron chi connectivity index (χ3n) is 3.63. The van der Waals surface area contributed by atoms with Gasteiger partial charge in [0, 0.05) is 31.9 Å². The smallest absolute Gasteiger partial charge is 0.329 e. The summed E-state index contributed by atoms with van der Waals surface area (Å²) in [6.07, 6.45) is -2.33. The Balaban J connectivity index is 2.13. The van der Waals surface area contributed by atoms with E-state index in [0.717, 1.165) is 13.1 Å². The molecule has 10 heteroatoms. The first kappa shape index (κ1) is 17.7. The average molecular weight is 351 g/mol. The Bertz CT molecular complexity index is 664. The number of piperidine rings is 1. The van der Waals surface area contributed by atoms with E-state index >= 15 is 0 Å². The van der Waals surface area contributed by atoms with Crippen LogP contribution in [0.25, 0.3) is 0 Å². The van der Waals surface area contributed by atoms with Crippen molar-refractivity contribution in [3.8, 4) is 0 Å². The summed E-state index contributed by atoms with van der Waals surface area (Å²) in [5.41, 5.74) is 0. The van der Waals surface area contributed by atoms with Crippen molar-refractivity contribution < 1.29 is 26.4 Å². The summed E-state index contributed by atoms with van der Waals surface area (Å²) >= 11 is 0. The summed E-state index contributed by atoms with van der Waals surface area (Å²) in [4.78, 5) is 15.8. The van der Waals surface area contributed by atoms with Crippen LogP contribution in [-0.2, 0) is 14.8 Å². The summed E-state index contributed by atoms with van der Waals surface area (Å²) in [6.45, 7) is 0.718. The number of rotatable bonds is 3. The van der Waals surface area contributed by atoms with Gasteiger partial charge in [-0.15, -0.1) is 0 Å². The van der Waals surface area contributed by atoms with Gasteiger partial charge in [0.2, 0.25) is 15.9 Å². The predicted molar refractivity (Wildman–Crippen MR) is 74.8 cm³/mol. The van der Waals surface area contributed by atoms with E-state index in [1.165, 1.54) is 18.3 Å². The molecular weight excluding hydrogens is 335 g/mol. The summed E-state index contributed by atoms with van der Waals surface area (Å²) in [6, 6.07) is 0.123. The van der Waals surface area contributed by atoms with E-state index in [9.17, 15) is 26.4 Å². The quantitative estimate of drug-likeness (QED) is 0.890. The Morgan fingerprint density at radius 3 is 2.61 bits per heavy atom. The average Bonchev–Trinajstić information content (AvgIpc) is 2.46. The van der Waals surface area contributed by atoms with Crippen molar-refractivity contribution in [1.29, 1.82) is 0 Å². The minimum Gasteiger partial charge on any atom is -0.329 e. The van der Waals surface area contributed by atoms with E-state index in [1.807, 2.05) is 0 Å². The van der Waals surface area contributed by atoms with E-state index in [-0.39, 0.29) is 24.3 Å². The van der Waals surface area contributed by atoms with Crippen molar-refractivity contribution in [2.75, 3.05) is 6.54 Å². The van der Waals surface area contributed by atoms with Gasteiger partial charge >= 0.3 is 6.18 Å². The number of nitrogens with zero attached hydrogens (tertiary/aromatic N) is 2. The van der Waals surface area contributed by atoms with Crippen LogP contribution in [0.1, 0.15) is 19.8 Å². The molecule has 1 N–H and O–H groups in total. The van der Waals surface area contributed by atoms with E-state index in [4.69, 9.17) is 0 Å². The Labute approximate surface area is 131 Å². The van der Waals surface area contributed by atoms with Crippen LogP contribution in [0.5, 0.6) is 0 Å². The highest BCUT2D eigenvalue weighted by atomic mass is 32.2. The van der Waals surface area contributed by atoms with Crippen LogP contribution in [-0.4, -0.2) is 49.0 Å². The number of alkyl halides is 3. The highest BCUT2D eigenvalue weighted by molar-refractivity contribution is 7.89. The van der Waals surface area contributed by atoms with Gasteiger partial charge in [-0.2, -0.15) is 13.2 Å². The van der Waals surface area contributed by atoms with Gasteiger partial charge in [-0.05, 0) is 25.0 Å².